The summed E-state index contributed by atoms with van der Waals surface area (Å²) >= 11 is 0. The van der Waals surface area contributed by atoms with Crippen molar-refractivity contribution >= 4 is 35.5 Å². The molecule has 0 aliphatic rings. The van der Waals surface area contributed by atoms with Crippen LogP contribution >= 0.6 is 0 Å². The number of aliphatic hydroxyl groups is 3. The van der Waals surface area contributed by atoms with Gasteiger partial charge in [-0.05, 0) is 32.6 Å². The molecule has 0 radical (unpaired) electrons. The molecule has 0 saturated carbocycles. The van der Waals surface area contributed by atoms with Gasteiger partial charge in [0.1, 0.15) is 6.10 Å². The molecular weight excluding hydrogens is 443 g/mol. The van der Waals surface area contributed by atoms with Crippen molar-refractivity contribution in [2.45, 2.75) is 168 Å². The van der Waals surface area contributed by atoms with Gasteiger partial charge in [0, 0.05) is 0 Å². The maximum atomic E-state index is 9.88. The first-order valence-electron chi connectivity index (χ1n) is 13.8. The van der Waals surface area contributed by atoms with E-state index in [1.807, 2.05) is 0 Å². The zero-order chi connectivity index (χ0) is 25.2. The van der Waals surface area contributed by atoms with E-state index in [1.165, 1.54) is 96.8 Å². The van der Waals surface area contributed by atoms with Gasteiger partial charge in [-0.1, -0.05) is 117 Å². The predicted octanol–water partition coefficient (Wildman–Crippen LogP) is 6.28. The molecule has 0 aromatic heterocycles. The monoisotopic (exact) mass is 500 g/mol. The standard InChI is InChI=1S/C24H50O3.C3H6O3.Na.H/c1-3-5-7-9-11-13-15-17-19-21-23(25)27-24(26)22-20-18-16-14-12-10-8-6-4-2;1-2(4)3(5)6;;/h23-26H,3-22H2,1-2H3;2,4H,1H3,(H,5,6);;. The van der Waals surface area contributed by atoms with Crippen LogP contribution in [0.15, 0.2) is 0 Å². The van der Waals surface area contributed by atoms with Gasteiger partial charge in [0.25, 0.3) is 0 Å². The van der Waals surface area contributed by atoms with Crippen LogP contribution in [0.25, 0.3) is 0 Å². The molecule has 3 unspecified atom stereocenters. The van der Waals surface area contributed by atoms with Crippen LogP contribution in [0.4, 0.5) is 0 Å². The summed E-state index contributed by atoms with van der Waals surface area (Å²) in [6, 6.07) is 0. The second kappa shape index (κ2) is 31.3. The molecule has 0 spiro atoms. The van der Waals surface area contributed by atoms with Crippen LogP contribution in [-0.2, 0) is 9.53 Å². The van der Waals surface area contributed by atoms with E-state index in [0.29, 0.717) is 12.8 Å². The molecule has 0 aromatic carbocycles. The Hall–Kier alpha value is 0.310. The number of carboxylic acids is 1. The van der Waals surface area contributed by atoms with Crippen molar-refractivity contribution in [3.05, 3.63) is 0 Å². The number of ether oxygens (including phenoxy) is 1. The first-order valence-corrected chi connectivity index (χ1v) is 13.8. The van der Waals surface area contributed by atoms with E-state index in [1.54, 1.807) is 0 Å². The molecule has 7 heteroatoms. The van der Waals surface area contributed by atoms with Crippen molar-refractivity contribution in [3.63, 3.8) is 0 Å². The molecule has 0 amide bonds. The summed E-state index contributed by atoms with van der Waals surface area (Å²) in [7, 11) is 0. The van der Waals surface area contributed by atoms with Gasteiger partial charge in [0.2, 0.25) is 0 Å². The average Bonchev–Trinajstić information content (AvgIpc) is 2.77. The zero-order valence-corrected chi connectivity index (χ0v) is 22.0. The van der Waals surface area contributed by atoms with Crippen LogP contribution in [0.3, 0.4) is 0 Å². The van der Waals surface area contributed by atoms with Crippen LogP contribution in [0.1, 0.15) is 149 Å². The van der Waals surface area contributed by atoms with Gasteiger partial charge in [-0.2, -0.15) is 0 Å². The first-order chi connectivity index (χ1) is 15.8. The second-order valence-corrected chi connectivity index (χ2v) is 9.29. The van der Waals surface area contributed by atoms with Crippen molar-refractivity contribution in [1.82, 2.24) is 0 Å². The maximum absolute atomic E-state index is 9.88. The third kappa shape index (κ3) is 34.5. The van der Waals surface area contributed by atoms with Crippen molar-refractivity contribution < 1.29 is 30.0 Å². The Labute approximate surface area is 232 Å². The number of hydrogen-bond acceptors (Lipinski definition) is 5. The molecule has 34 heavy (non-hydrogen) atoms. The molecule has 3 atom stereocenters. The van der Waals surface area contributed by atoms with E-state index in [9.17, 15) is 15.0 Å². The fourth-order valence-corrected chi connectivity index (χ4v) is 3.58. The molecule has 0 aliphatic heterocycles. The molecule has 0 aliphatic carbocycles. The summed E-state index contributed by atoms with van der Waals surface area (Å²) in [5.41, 5.74) is 0. The minimum atomic E-state index is -1.23. The summed E-state index contributed by atoms with van der Waals surface area (Å²) in [6.07, 6.45) is 21.4. The topological polar surface area (TPSA) is 107 Å². The van der Waals surface area contributed by atoms with Crippen LogP contribution < -0.4 is 0 Å². The van der Waals surface area contributed by atoms with E-state index in [4.69, 9.17) is 14.9 Å². The zero-order valence-electron chi connectivity index (χ0n) is 22.0. The molecule has 0 bridgehead atoms. The summed E-state index contributed by atoms with van der Waals surface area (Å²) in [5, 5.41) is 35.5. The van der Waals surface area contributed by atoms with Crippen molar-refractivity contribution in [2.75, 3.05) is 0 Å². The Kier molecular flexibility index (Phi) is 35.8. The normalized spacial score (nSPS) is 13.4. The average molecular weight is 501 g/mol. The number of hydrogen-bond donors (Lipinski definition) is 4. The second-order valence-electron chi connectivity index (χ2n) is 9.29. The number of unbranched alkanes of at least 4 members (excludes halogenated alkanes) is 16. The van der Waals surface area contributed by atoms with Crippen molar-refractivity contribution in [1.29, 1.82) is 0 Å². The number of carboxylic acid groups (broad SMARTS) is 1. The third-order valence-corrected chi connectivity index (χ3v) is 5.78. The number of aliphatic hydroxyl groups excluding tert-OH is 3. The minimum absolute atomic E-state index is 0. The molecule has 0 saturated heterocycles. The van der Waals surface area contributed by atoms with Crippen molar-refractivity contribution in [3.8, 4) is 0 Å². The summed E-state index contributed by atoms with van der Waals surface area (Å²) in [4.78, 5) is 9.45. The van der Waals surface area contributed by atoms with E-state index in [0.717, 1.165) is 25.7 Å². The molecule has 0 aromatic rings. The van der Waals surface area contributed by atoms with Crippen LogP contribution in [0.2, 0.25) is 0 Å². The van der Waals surface area contributed by atoms with E-state index in [-0.39, 0.29) is 29.6 Å². The number of aliphatic carboxylic acids is 1. The quantitative estimate of drug-likeness (QED) is 0.0746. The van der Waals surface area contributed by atoms with Crippen LogP contribution in [-0.4, -0.2) is 74.6 Å². The Bertz CT molecular complexity index is 369. The van der Waals surface area contributed by atoms with E-state index < -0.39 is 24.7 Å². The Morgan fingerprint density at radius 1 is 0.588 bits per heavy atom. The Morgan fingerprint density at radius 2 is 0.824 bits per heavy atom. The van der Waals surface area contributed by atoms with E-state index >= 15 is 0 Å². The van der Waals surface area contributed by atoms with Gasteiger partial charge < -0.3 is 25.2 Å². The summed E-state index contributed by atoms with van der Waals surface area (Å²) < 4.78 is 5.31. The summed E-state index contributed by atoms with van der Waals surface area (Å²) in [6.45, 7) is 5.70. The van der Waals surface area contributed by atoms with Gasteiger partial charge in [0.05, 0.1) is 0 Å². The molecule has 6 nitrogen and oxygen atoms in total. The molecule has 4 N–H and O–H groups in total. The Morgan fingerprint density at radius 3 is 1.06 bits per heavy atom. The number of rotatable bonds is 23. The molecule has 202 valence electrons. The summed E-state index contributed by atoms with van der Waals surface area (Å²) in [5.74, 6) is -1.19. The van der Waals surface area contributed by atoms with Crippen LogP contribution in [0.5, 0.6) is 0 Å². The van der Waals surface area contributed by atoms with Crippen molar-refractivity contribution in [2.24, 2.45) is 0 Å². The number of carbonyl (C=O) groups is 1. The predicted molar refractivity (Wildman–Crippen MR) is 143 cm³/mol. The van der Waals surface area contributed by atoms with Gasteiger partial charge >= 0.3 is 35.5 Å². The first kappa shape index (κ1) is 38.8. The van der Waals surface area contributed by atoms with Gasteiger partial charge in [-0.15, -0.1) is 0 Å². The van der Waals surface area contributed by atoms with Gasteiger partial charge in [-0.3, -0.25) is 0 Å². The van der Waals surface area contributed by atoms with Gasteiger partial charge in [0.15, 0.2) is 12.6 Å². The van der Waals surface area contributed by atoms with E-state index in [2.05, 4.69) is 13.8 Å². The molecule has 0 fully saturated rings. The fourth-order valence-electron chi connectivity index (χ4n) is 3.58. The molecule has 0 heterocycles. The SMILES string of the molecule is CC(O)C(=O)O.CCCCCCCCCCCC(O)OC(O)CCCCCCCCCCC.[NaH]. The van der Waals surface area contributed by atoms with Crippen LogP contribution in [0, 0.1) is 0 Å². The third-order valence-electron chi connectivity index (χ3n) is 5.78. The molecule has 0 rings (SSSR count). The van der Waals surface area contributed by atoms with Gasteiger partial charge in [-0.25, -0.2) is 4.79 Å². The Balaban J connectivity index is -0.00000121. The molecular formula is C27H57NaO6. The fraction of sp³-hybridized carbons (Fsp3) is 0.963.